The van der Waals surface area contributed by atoms with E-state index in [-0.39, 0.29) is 42.8 Å². The highest BCUT2D eigenvalue weighted by atomic mass is 35.5. The Labute approximate surface area is 233 Å². The van der Waals surface area contributed by atoms with Crippen LogP contribution in [0.2, 0.25) is 0 Å². The van der Waals surface area contributed by atoms with Crippen LogP contribution in [0.25, 0.3) is 0 Å². The van der Waals surface area contributed by atoms with Gasteiger partial charge in [0, 0.05) is 36.5 Å². The number of nitrogens with zero attached hydrogens (tertiary/aromatic N) is 3. The molecule has 8 nitrogen and oxygen atoms in total. The topological polar surface area (TPSA) is 96.3 Å². The van der Waals surface area contributed by atoms with Gasteiger partial charge in [-0.1, -0.05) is 6.07 Å². The lowest BCUT2D eigenvalue weighted by atomic mass is 10.1. The van der Waals surface area contributed by atoms with Crippen LogP contribution in [0.3, 0.4) is 0 Å². The molecule has 1 unspecified atom stereocenters. The van der Waals surface area contributed by atoms with E-state index in [4.69, 9.17) is 9.15 Å². The molecule has 0 saturated carbocycles. The first-order chi connectivity index (χ1) is 15.9. The van der Waals surface area contributed by atoms with Crippen LogP contribution in [0.15, 0.2) is 58.2 Å². The highest BCUT2D eigenvalue weighted by Gasteiger charge is 2.34. The molecular weight excluding hydrogens is 545 g/mol. The molecule has 1 atom stereocenters. The maximum atomic E-state index is 12.6. The summed E-state index contributed by atoms with van der Waals surface area (Å²) in [5.74, 6) is 2.96. The molecule has 1 aliphatic heterocycles. The van der Waals surface area contributed by atoms with E-state index < -0.39 is 4.93 Å². The molecule has 36 heavy (non-hydrogen) atoms. The second-order valence-corrected chi connectivity index (χ2v) is 9.74. The standard InChI is InChI=1S/C24H29N5O3S.3ClH/c1-17-5-6-18(12-25-17)11-19-13-26-23(28-22(19)30)27-16-24(9-4-10-31-24)33-15-21-8-7-20(32-21)14-29(2)3;;;/h4-8,10,12-13H,9,11,14-16H2,1-3H3,(H2,26,27,28,30);3*1H. The quantitative estimate of drug-likeness (QED) is 0.350. The number of anilines is 1. The number of aromatic amines is 1. The number of H-pyrrole nitrogens is 1. The minimum atomic E-state index is -0.487. The molecule has 3 aromatic rings. The Morgan fingerprint density at radius 2 is 1.89 bits per heavy atom. The molecule has 198 valence electrons. The number of thioether (sulfide) groups is 1. The average Bonchev–Trinajstić information content (AvgIpc) is 3.44. The largest absolute Gasteiger partial charge is 0.482 e. The Hall–Kier alpha value is -2.17. The lowest BCUT2D eigenvalue weighted by molar-refractivity contribution is 0.148. The van der Waals surface area contributed by atoms with Gasteiger partial charge in [-0.2, -0.15) is 0 Å². The highest BCUT2D eigenvalue weighted by Crippen LogP contribution is 2.37. The van der Waals surface area contributed by atoms with Gasteiger partial charge in [0.05, 0.1) is 25.1 Å². The van der Waals surface area contributed by atoms with Crippen molar-refractivity contribution in [1.82, 2.24) is 19.9 Å². The number of ether oxygens (including phenoxy) is 1. The minimum absolute atomic E-state index is 0. The highest BCUT2D eigenvalue weighted by molar-refractivity contribution is 7.99. The third-order valence-corrected chi connectivity index (χ3v) is 6.60. The van der Waals surface area contributed by atoms with Gasteiger partial charge >= 0.3 is 0 Å². The number of furan rings is 1. The Kier molecular flexibility index (Phi) is 12.9. The van der Waals surface area contributed by atoms with Crippen LogP contribution in [0, 0.1) is 6.92 Å². The number of hydrogen-bond acceptors (Lipinski definition) is 8. The normalized spacial score (nSPS) is 16.0. The van der Waals surface area contributed by atoms with E-state index >= 15 is 0 Å². The van der Waals surface area contributed by atoms with Gasteiger partial charge in [0.15, 0.2) is 4.93 Å². The van der Waals surface area contributed by atoms with Crippen LogP contribution in [0.5, 0.6) is 0 Å². The third-order valence-electron chi connectivity index (χ3n) is 5.24. The van der Waals surface area contributed by atoms with Crippen molar-refractivity contribution in [2.45, 2.75) is 37.0 Å². The molecule has 0 spiro atoms. The van der Waals surface area contributed by atoms with Crippen molar-refractivity contribution >= 4 is 54.9 Å². The first kappa shape index (κ1) is 31.9. The van der Waals surface area contributed by atoms with Gasteiger partial charge < -0.3 is 19.4 Å². The van der Waals surface area contributed by atoms with Crippen molar-refractivity contribution in [2.24, 2.45) is 0 Å². The van der Waals surface area contributed by atoms with E-state index in [9.17, 15) is 4.79 Å². The fraction of sp³-hybridized carbons (Fsp3) is 0.375. The summed E-state index contributed by atoms with van der Waals surface area (Å²) in [5, 5.41) is 3.23. The first-order valence-corrected chi connectivity index (χ1v) is 11.8. The molecule has 0 aromatic carbocycles. The van der Waals surface area contributed by atoms with Crippen LogP contribution >= 0.6 is 49.0 Å². The number of aromatic nitrogens is 3. The average molecular weight is 577 g/mol. The Bertz CT molecular complexity index is 1160. The zero-order valence-corrected chi connectivity index (χ0v) is 23.6. The maximum Gasteiger partial charge on any atom is 0.255 e. The van der Waals surface area contributed by atoms with Gasteiger partial charge in [-0.3, -0.25) is 14.8 Å². The number of aryl methyl sites for hydroxylation is 1. The second kappa shape index (κ2) is 14.5. The molecule has 0 aliphatic carbocycles. The molecule has 3 aromatic heterocycles. The van der Waals surface area contributed by atoms with Crippen molar-refractivity contribution in [3.8, 4) is 0 Å². The fourth-order valence-corrected chi connectivity index (χ4v) is 4.56. The summed E-state index contributed by atoms with van der Waals surface area (Å²) in [4.78, 5) is 25.7. The minimum Gasteiger partial charge on any atom is -0.482 e. The van der Waals surface area contributed by atoms with Crippen molar-refractivity contribution in [3.63, 3.8) is 0 Å². The van der Waals surface area contributed by atoms with E-state index in [1.54, 1.807) is 30.4 Å². The summed E-state index contributed by atoms with van der Waals surface area (Å²) in [5.41, 5.74) is 2.35. The summed E-state index contributed by atoms with van der Waals surface area (Å²) < 4.78 is 11.9. The fourth-order valence-electron chi connectivity index (χ4n) is 3.48. The Balaban J connectivity index is 0.00000216. The van der Waals surface area contributed by atoms with Gasteiger partial charge in [0.2, 0.25) is 5.95 Å². The van der Waals surface area contributed by atoms with E-state index in [0.29, 0.717) is 30.2 Å². The van der Waals surface area contributed by atoms with Crippen molar-refractivity contribution in [2.75, 3.05) is 26.0 Å². The number of halogens is 3. The lowest BCUT2D eigenvalue weighted by Crippen LogP contribution is -2.34. The van der Waals surface area contributed by atoms with Crippen LogP contribution < -0.4 is 10.9 Å². The molecule has 4 heterocycles. The monoisotopic (exact) mass is 575 g/mol. The van der Waals surface area contributed by atoms with Gasteiger partial charge in [0.25, 0.3) is 5.56 Å². The zero-order chi connectivity index (χ0) is 23.3. The van der Waals surface area contributed by atoms with E-state index in [1.807, 2.05) is 51.4 Å². The zero-order valence-electron chi connectivity index (χ0n) is 20.4. The summed E-state index contributed by atoms with van der Waals surface area (Å²) in [6, 6.07) is 7.93. The van der Waals surface area contributed by atoms with Crippen LogP contribution in [0.4, 0.5) is 5.95 Å². The van der Waals surface area contributed by atoms with E-state index in [0.717, 1.165) is 35.7 Å². The second-order valence-electron chi connectivity index (χ2n) is 8.42. The van der Waals surface area contributed by atoms with E-state index in [2.05, 4.69) is 25.2 Å². The summed E-state index contributed by atoms with van der Waals surface area (Å²) in [6.45, 7) is 3.19. The lowest BCUT2D eigenvalue weighted by Gasteiger charge is -2.28. The number of rotatable bonds is 10. The maximum absolute atomic E-state index is 12.6. The van der Waals surface area contributed by atoms with E-state index in [1.165, 1.54) is 0 Å². The first-order valence-electron chi connectivity index (χ1n) is 10.8. The van der Waals surface area contributed by atoms with Crippen molar-refractivity contribution in [3.05, 3.63) is 87.7 Å². The summed E-state index contributed by atoms with van der Waals surface area (Å²) >= 11 is 1.66. The molecule has 0 saturated heterocycles. The predicted molar refractivity (Wildman–Crippen MR) is 152 cm³/mol. The van der Waals surface area contributed by atoms with Crippen molar-refractivity contribution < 1.29 is 9.15 Å². The molecule has 0 radical (unpaired) electrons. The molecule has 2 N–H and O–H groups in total. The third kappa shape index (κ3) is 8.74. The van der Waals surface area contributed by atoms with Gasteiger partial charge in [0.1, 0.15) is 11.5 Å². The number of pyridine rings is 1. The van der Waals surface area contributed by atoms with Crippen LogP contribution in [0.1, 0.15) is 34.8 Å². The van der Waals surface area contributed by atoms with Gasteiger partial charge in [-0.15, -0.1) is 49.0 Å². The molecule has 4 rings (SSSR count). The predicted octanol–water partition coefficient (Wildman–Crippen LogP) is 4.96. The van der Waals surface area contributed by atoms with Gasteiger partial charge in [-0.25, -0.2) is 4.98 Å². The van der Waals surface area contributed by atoms with Crippen LogP contribution in [-0.2, 0) is 23.5 Å². The molecule has 0 bridgehead atoms. The number of hydrogen-bond donors (Lipinski definition) is 2. The Morgan fingerprint density at radius 3 is 2.53 bits per heavy atom. The molecular formula is C24H32Cl3N5O3S. The molecule has 0 amide bonds. The molecule has 12 heteroatoms. The Morgan fingerprint density at radius 1 is 1.11 bits per heavy atom. The SMILES string of the molecule is Cc1ccc(Cc2cnc(NCC3(SCc4ccc(CN(C)C)o4)CC=CO3)[nH]c2=O)cn1.Cl.Cl.Cl. The summed E-state index contributed by atoms with van der Waals surface area (Å²) in [6.07, 6.45) is 8.37. The van der Waals surface area contributed by atoms with Gasteiger partial charge in [-0.05, 0) is 50.9 Å². The van der Waals surface area contributed by atoms with Crippen LogP contribution in [-0.4, -0.2) is 45.4 Å². The van der Waals surface area contributed by atoms with Crippen molar-refractivity contribution in [1.29, 1.82) is 0 Å². The molecule has 1 aliphatic rings. The number of nitrogens with one attached hydrogen (secondary N) is 2. The summed E-state index contributed by atoms with van der Waals surface area (Å²) in [7, 11) is 4.03. The smallest absolute Gasteiger partial charge is 0.255 e. The molecule has 0 fully saturated rings.